The first kappa shape index (κ1) is 18.2. The third-order valence-electron chi connectivity index (χ3n) is 3.16. The molecule has 1 N–H and O–H groups in total. The standard InChI is InChI=1S/C17H17Cl2NO4/c1-10-6-14(22-2)17(15(7-10)23-3)24-9-16(21)20-11-4-5-12(18)13(19)8-11/h4-8H,9H2,1-3H3,(H,20,21). The van der Waals surface area contributed by atoms with Crippen LogP contribution in [0.1, 0.15) is 5.56 Å². The number of carbonyl (C=O) groups is 1. The molecule has 0 saturated carbocycles. The molecule has 5 nitrogen and oxygen atoms in total. The van der Waals surface area contributed by atoms with Gasteiger partial charge in [-0.1, -0.05) is 23.2 Å². The molecule has 0 spiro atoms. The Bertz CT molecular complexity index is 724. The predicted molar refractivity (Wildman–Crippen MR) is 94.9 cm³/mol. The van der Waals surface area contributed by atoms with E-state index in [1.54, 1.807) is 30.3 Å². The summed E-state index contributed by atoms with van der Waals surface area (Å²) < 4.78 is 16.1. The van der Waals surface area contributed by atoms with Crippen LogP contribution in [0.25, 0.3) is 0 Å². The Balaban J connectivity index is 2.07. The molecule has 7 heteroatoms. The average molecular weight is 370 g/mol. The molecule has 128 valence electrons. The summed E-state index contributed by atoms with van der Waals surface area (Å²) in [7, 11) is 3.05. The highest BCUT2D eigenvalue weighted by Crippen LogP contribution is 2.38. The van der Waals surface area contributed by atoms with E-state index >= 15 is 0 Å². The summed E-state index contributed by atoms with van der Waals surface area (Å²) in [5.74, 6) is 1.01. The van der Waals surface area contributed by atoms with Crippen molar-refractivity contribution in [2.75, 3.05) is 26.1 Å². The van der Waals surface area contributed by atoms with E-state index in [4.69, 9.17) is 37.4 Å². The quantitative estimate of drug-likeness (QED) is 0.822. The van der Waals surface area contributed by atoms with Crippen LogP contribution in [0.3, 0.4) is 0 Å². The maximum Gasteiger partial charge on any atom is 0.262 e. The van der Waals surface area contributed by atoms with E-state index in [0.29, 0.717) is 33.0 Å². The SMILES string of the molecule is COc1cc(C)cc(OC)c1OCC(=O)Nc1ccc(Cl)c(Cl)c1. The summed E-state index contributed by atoms with van der Waals surface area (Å²) in [6, 6.07) is 8.42. The van der Waals surface area contributed by atoms with Crippen molar-refractivity contribution in [2.24, 2.45) is 0 Å². The van der Waals surface area contributed by atoms with Crippen LogP contribution in [0.2, 0.25) is 10.0 Å². The molecule has 0 aliphatic heterocycles. The molecular weight excluding hydrogens is 353 g/mol. The number of rotatable bonds is 6. The van der Waals surface area contributed by atoms with Crippen molar-refractivity contribution in [2.45, 2.75) is 6.92 Å². The van der Waals surface area contributed by atoms with Crippen LogP contribution < -0.4 is 19.5 Å². The van der Waals surface area contributed by atoms with Gasteiger partial charge in [-0.2, -0.15) is 0 Å². The number of ether oxygens (including phenoxy) is 3. The third kappa shape index (κ3) is 4.46. The van der Waals surface area contributed by atoms with Crippen LogP contribution >= 0.6 is 23.2 Å². The van der Waals surface area contributed by atoms with E-state index in [0.717, 1.165) is 5.56 Å². The number of aryl methyl sites for hydroxylation is 1. The lowest BCUT2D eigenvalue weighted by Gasteiger charge is -2.15. The zero-order valence-electron chi connectivity index (χ0n) is 13.5. The van der Waals surface area contributed by atoms with Gasteiger partial charge >= 0.3 is 0 Å². The average Bonchev–Trinajstić information content (AvgIpc) is 2.56. The molecule has 24 heavy (non-hydrogen) atoms. The molecule has 0 unspecified atom stereocenters. The minimum atomic E-state index is -0.349. The Morgan fingerprint density at radius 2 is 1.67 bits per heavy atom. The molecule has 0 aliphatic rings. The maximum atomic E-state index is 12.1. The largest absolute Gasteiger partial charge is 0.493 e. The summed E-state index contributed by atoms with van der Waals surface area (Å²) in [6.45, 7) is 1.70. The van der Waals surface area contributed by atoms with Crippen molar-refractivity contribution >= 4 is 34.8 Å². The second-order valence-electron chi connectivity index (χ2n) is 4.96. The lowest BCUT2D eigenvalue weighted by atomic mass is 10.2. The fraction of sp³-hybridized carbons (Fsp3) is 0.235. The summed E-state index contributed by atoms with van der Waals surface area (Å²) in [6.07, 6.45) is 0. The summed E-state index contributed by atoms with van der Waals surface area (Å²) in [5.41, 5.74) is 1.48. The van der Waals surface area contributed by atoms with Gasteiger partial charge in [0.05, 0.1) is 24.3 Å². The van der Waals surface area contributed by atoms with Crippen molar-refractivity contribution in [1.29, 1.82) is 0 Å². The van der Waals surface area contributed by atoms with Crippen LogP contribution in [-0.2, 0) is 4.79 Å². The number of carbonyl (C=O) groups excluding carboxylic acids is 1. The van der Waals surface area contributed by atoms with Crippen molar-refractivity contribution in [3.63, 3.8) is 0 Å². The Hall–Kier alpha value is -2.11. The minimum Gasteiger partial charge on any atom is -0.493 e. The molecule has 0 fully saturated rings. The van der Waals surface area contributed by atoms with Crippen molar-refractivity contribution in [3.8, 4) is 17.2 Å². The zero-order chi connectivity index (χ0) is 17.7. The molecule has 2 rings (SSSR count). The van der Waals surface area contributed by atoms with Crippen LogP contribution in [0.5, 0.6) is 17.2 Å². The van der Waals surface area contributed by atoms with E-state index < -0.39 is 0 Å². The van der Waals surface area contributed by atoms with E-state index in [1.807, 2.05) is 6.92 Å². The maximum absolute atomic E-state index is 12.1. The van der Waals surface area contributed by atoms with Gasteiger partial charge in [0.25, 0.3) is 5.91 Å². The zero-order valence-corrected chi connectivity index (χ0v) is 15.0. The Morgan fingerprint density at radius 1 is 1.04 bits per heavy atom. The predicted octanol–water partition coefficient (Wildman–Crippen LogP) is 4.34. The van der Waals surface area contributed by atoms with Gasteiger partial charge in [-0.25, -0.2) is 0 Å². The smallest absolute Gasteiger partial charge is 0.262 e. The molecule has 1 amide bonds. The van der Waals surface area contributed by atoms with Gasteiger partial charge in [0.1, 0.15) is 0 Å². The van der Waals surface area contributed by atoms with Crippen molar-refractivity contribution in [3.05, 3.63) is 45.9 Å². The number of halogens is 2. The highest BCUT2D eigenvalue weighted by Gasteiger charge is 2.15. The molecule has 0 aliphatic carbocycles. The molecule has 0 atom stereocenters. The Morgan fingerprint density at radius 3 is 2.21 bits per heavy atom. The first-order chi connectivity index (χ1) is 11.4. The van der Waals surface area contributed by atoms with E-state index in [2.05, 4.69) is 5.32 Å². The normalized spacial score (nSPS) is 10.2. The van der Waals surface area contributed by atoms with Crippen LogP contribution in [0.4, 0.5) is 5.69 Å². The van der Waals surface area contributed by atoms with Gasteiger partial charge in [0.2, 0.25) is 5.75 Å². The van der Waals surface area contributed by atoms with Gasteiger partial charge < -0.3 is 19.5 Å². The van der Waals surface area contributed by atoms with Crippen LogP contribution in [0, 0.1) is 6.92 Å². The number of anilines is 1. The van der Waals surface area contributed by atoms with Gasteiger partial charge in [0.15, 0.2) is 18.1 Å². The number of hydrogen-bond donors (Lipinski definition) is 1. The number of benzene rings is 2. The fourth-order valence-corrected chi connectivity index (χ4v) is 2.36. The molecule has 0 heterocycles. The molecular formula is C17H17Cl2NO4. The molecule has 0 aromatic heterocycles. The first-order valence-corrected chi connectivity index (χ1v) is 7.80. The van der Waals surface area contributed by atoms with E-state index in [-0.39, 0.29) is 12.5 Å². The monoisotopic (exact) mass is 369 g/mol. The van der Waals surface area contributed by atoms with Gasteiger partial charge in [-0.05, 0) is 42.8 Å². The summed E-state index contributed by atoms with van der Waals surface area (Å²) in [4.78, 5) is 12.1. The van der Waals surface area contributed by atoms with Gasteiger partial charge in [0, 0.05) is 5.69 Å². The van der Waals surface area contributed by atoms with Gasteiger partial charge in [-0.15, -0.1) is 0 Å². The van der Waals surface area contributed by atoms with Gasteiger partial charge in [-0.3, -0.25) is 4.79 Å². The number of hydrogen-bond acceptors (Lipinski definition) is 4. The molecule has 2 aromatic rings. The minimum absolute atomic E-state index is 0.212. The Kier molecular flexibility index (Phi) is 6.17. The Labute approximate surface area is 150 Å². The number of methoxy groups -OCH3 is 2. The highest BCUT2D eigenvalue weighted by molar-refractivity contribution is 6.42. The number of nitrogens with one attached hydrogen (secondary N) is 1. The van der Waals surface area contributed by atoms with Crippen LogP contribution in [0.15, 0.2) is 30.3 Å². The molecule has 0 radical (unpaired) electrons. The van der Waals surface area contributed by atoms with Crippen molar-refractivity contribution in [1.82, 2.24) is 0 Å². The first-order valence-electron chi connectivity index (χ1n) is 7.05. The number of amides is 1. The molecule has 2 aromatic carbocycles. The van der Waals surface area contributed by atoms with E-state index in [1.165, 1.54) is 14.2 Å². The highest BCUT2D eigenvalue weighted by atomic mass is 35.5. The topological polar surface area (TPSA) is 56.8 Å². The second kappa shape index (κ2) is 8.13. The summed E-state index contributed by atoms with van der Waals surface area (Å²) >= 11 is 11.8. The lowest BCUT2D eigenvalue weighted by molar-refractivity contribution is -0.118. The van der Waals surface area contributed by atoms with Crippen molar-refractivity contribution < 1.29 is 19.0 Å². The lowest BCUT2D eigenvalue weighted by Crippen LogP contribution is -2.20. The summed E-state index contributed by atoms with van der Waals surface area (Å²) in [5, 5.41) is 3.45. The van der Waals surface area contributed by atoms with E-state index in [9.17, 15) is 4.79 Å². The third-order valence-corrected chi connectivity index (χ3v) is 3.89. The second-order valence-corrected chi connectivity index (χ2v) is 5.78. The molecule has 0 bridgehead atoms. The fourth-order valence-electron chi connectivity index (χ4n) is 2.06. The van der Waals surface area contributed by atoms with Crippen LogP contribution in [-0.4, -0.2) is 26.7 Å². The molecule has 0 saturated heterocycles.